The SMILES string of the molecule is CC(C)=CCc1cc(Oc2cc(=O)c3c(O)cc(O)c(CC=C(C)C)c3o2)cc(CC=C(C)C)c1O. The van der Waals surface area contributed by atoms with Crippen molar-refractivity contribution >= 4 is 11.0 Å². The zero-order valence-electron chi connectivity index (χ0n) is 21.7. The van der Waals surface area contributed by atoms with Crippen molar-refractivity contribution < 1.29 is 24.5 Å². The first kappa shape index (κ1) is 26.7. The average molecular weight is 491 g/mol. The monoisotopic (exact) mass is 490 g/mol. The molecular formula is C30H34O6. The highest BCUT2D eigenvalue weighted by atomic mass is 16.6. The van der Waals surface area contributed by atoms with E-state index in [0.717, 1.165) is 22.8 Å². The van der Waals surface area contributed by atoms with Crippen LogP contribution in [0.1, 0.15) is 58.2 Å². The summed E-state index contributed by atoms with van der Waals surface area (Å²) in [6.07, 6.45) is 7.27. The predicted octanol–water partition coefficient (Wildman–Crippen LogP) is 7.23. The zero-order chi connectivity index (χ0) is 26.6. The molecule has 0 fully saturated rings. The molecule has 0 amide bonds. The molecule has 0 saturated heterocycles. The lowest BCUT2D eigenvalue weighted by atomic mass is 10.0. The Morgan fingerprint density at radius 1 is 0.778 bits per heavy atom. The Morgan fingerprint density at radius 2 is 1.31 bits per heavy atom. The van der Waals surface area contributed by atoms with Crippen LogP contribution in [0.4, 0.5) is 0 Å². The van der Waals surface area contributed by atoms with Crippen LogP contribution >= 0.6 is 0 Å². The molecule has 0 radical (unpaired) electrons. The molecule has 0 saturated carbocycles. The van der Waals surface area contributed by atoms with Crippen LogP contribution in [0.2, 0.25) is 0 Å². The molecule has 0 aliphatic heterocycles. The summed E-state index contributed by atoms with van der Waals surface area (Å²) < 4.78 is 11.9. The quantitative estimate of drug-likeness (QED) is 0.288. The molecule has 0 aliphatic rings. The number of aromatic hydroxyl groups is 3. The lowest BCUT2D eigenvalue weighted by Gasteiger charge is -2.14. The van der Waals surface area contributed by atoms with Gasteiger partial charge >= 0.3 is 0 Å². The van der Waals surface area contributed by atoms with Gasteiger partial charge in [0.25, 0.3) is 5.95 Å². The summed E-state index contributed by atoms with van der Waals surface area (Å²) >= 11 is 0. The number of phenolic OH excluding ortho intramolecular Hbond substituents is 3. The normalized spacial score (nSPS) is 10.7. The highest BCUT2D eigenvalue weighted by Crippen LogP contribution is 2.37. The highest BCUT2D eigenvalue weighted by molar-refractivity contribution is 5.88. The number of benzene rings is 2. The van der Waals surface area contributed by atoms with E-state index in [2.05, 4.69) is 0 Å². The molecule has 0 spiro atoms. The third-order valence-corrected chi connectivity index (χ3v) is 5.67. The van der Waals surface area contributed by atoms with Gasteiger partial charge in [0.2, 0.25) is 0 Å². The second kappa shape index (κ2) is 11.2. The highest BCUT2D eigenvalue weighted by Gasteiger charge is 2.19. The summed E-state index contributed by atoms with van der Waals surface area (Å²) in [6.45, 7) is 11.8. The topological polar surface area (TPSA) is 100 Å². The van der Waals surface area contributed by atoms with Gasteiger partial charge in [0, 0.05) is 22.8 Å². The van der Waals surface area contributed by atoms with Crippen molar-refractivity contribution in [2.45, 2.75) is 60.8 Å². The third kappa shape index (κ3) is 6.39. The first-order chi connectivity index (χ1) is 17.0. The summed E-state index contributed by atoms with van der Waals surface area (Å²) in [7, 11) is 0. The average Bonchev–Trinajstić information content (AvgIpc) is 2.77. The minimum atomic E-state index is -0.490. The minimum absolute atomic E-state index is 0.0171. The van der Waals surface area contributed by atoms with E-state index in [1.54, 1.807) is 12.1 Å². The molecule has 3 N–H and O–H groups in total. The van der Waals surface area contributed by atoms with Crippen LogP contribution in [0.15, 0.2) is 68.4 Å². The number of ether oxygens (including phenoxy) is 1. The molecule has 6 nitrogen and oxygen atoms in total. The third-order valence-electron chi connectivity index (χ3n) is 5.67. The smallest absolute Gasteiger partial charge is 0.294 e. The lowest BCUT2D eigenvalue weighted by Crippen LogP contribution is -2.03. The molecule has 1 aromatic heterocycles. The van der Waals surface area contributed by atoms with E-state index < -0.39 is 5.43 Å². The fraction of sp³-hybridized carbons (Fsp3) is 0.300. The van der Waals surface area contributed by atoms with Gasteiger partial charge in [-0.25, -0.2) is 0 Å². The Morgan fingerprint density at radius 3 is 1.83 bits per heavy atom. The van der Waals surface area contributed by atoms with Gasteiger partial charge in [-0.15, -0.1) is 0 Å². The zero-order valence-corrected chi connectivity index (χ0v) is 21.7. The molecule has 3 rings (SSSR count). The number of rotatable bonds is 8. The number of fused-ring (bicyclic) bond motifs is 1. The van der Waals surface area contributed by atoms with Gasteiger partial charge in [-0.1, -0.05) is 34.9 Å². The number of hydrogen-bond acceptors (Lipinski definition) is 6. The lowest BCUT2D eigenvalue weighted by molar-refractivity contribution is 0.350. The van der Waals surface area contributed by atoms with Crippen molar-refractivity contribution in [1.82, 2.24) is 0 Å². The Hall–Kier alpha value is -3.93. The van der Waals surface area contributed by atoms with Gasteiger partial charge in [-0.3, -0.25) is 4.79 Å². The standard InChI is InChI=1S/C30H34O6/c1-17(2)7-10-20-13-22(14-21(29(20)34)11-8-18(3)4)35-27-16-26(33)28-25(32)15-24(31)23(30(28)36-27)12-9-19(5)6/h7-9,13-16,31-32,34H,10-12H2,1-6H3. The van der Waals surface area contributed by atoms with Crippen LogP contribution in [0, 0.1) is 0 Å². The van der Waals surface area contributed by atoms with Crippen LogP contribution in [0.3, 0.4) is 0 Å². The molecule has 6 heteroatoms. The molecule has 36 heavy (non-hydrogen) atoms. The molecule has 0 aliphatic carbocycles. The fourth-order valence-electron chi connectivity index (χ4n) is 3.73. The van der Waals surface area contributed by atoms with Gasteiger partial charge < -0.3 is 24.5 Å². The summed E-state index contributed by atoms with van der Waals surface area (Å²) in [5.41, 5.74) is 4.61. The van der Waals surface area contributed by atoms with Crippen molar-refractivity contribution in [3.8, 4) is 28.9 Å². The fourth-order valence-corrected chi connectivity index (χ4v) is 3.73. The molecule has 190 valence electrons. The van der Waals surface area contributed by atoms with Crippen molar-refractivity contribution in [3.05, 3.63) is 86.1 Å². The van der Waals surface area contributed by atoms with E-state index in [0.29, 0.717) is 41.7 Å². The predicted molar refractivity (Wildman–Crippen MR) is 143 cm³/mol. The van der Waals surface area contributed by atoms with Crippen molar-refractivity contribution in [1.29, 1.82) is 0 Å². The van der Waals surface area contributed by atoms with E-state index in [1.807, 2.05) is 59.8 Å². The first-order valence-electron chi connectivity index (χ1n) is 11.9. The van der Waals surface area contributed by atoms with Crippen LogP contribution in [-0.2, 0) is 19.3 Å². The molecule has 1 heterocycles. The Balaban J connectivity index is 2.14. The summed E-state index contributed by atoms with van der Waals surface area (Å²) in [5.74, 6) is -0.00387. The van der Waals surface area contributed by atoms with Crippen LogP contribution in [0.5, 0.6) is 28.9 Å². The van der Waals surface area contributed by atoms with E-state index in [-0.39, 0.29) is 34.2 Å². The Bertz CT molecular complexity index is 1380. The van der Waals surface area contributed by atoms with E-state index in [4.69, 9.17) is 9.15 Å². The van der Waals surface area contributed by atoms with Gasteiger partial charge in [0.15, 0.2) is 11.0 Å². The summed E-state index contributed by atoms with van der Waals surface area (Å²) in [5, 5.41) is 31.6. The maximum atomic E-state index is 12.9. The van der Waals surface area contributed by atoms with E-state index in [9.17, 15) is 20.1 Å². The van der Waals surface area contributed by atoms with Crippen molar-refractivity contribution in [2.75, 3.05) is 0 Å². The largest absolute Gasteiger partial charge is 0.507 e. The summed E-state index contributed by atoms with van der Waals surface area (Å²) in [4.78, 5) is 12.9. The second-order valence-electron chi connectivity index (χ2n) is 9.68. The minimum Gasteiger partial charge on any atom is -0.507 e. The molecule has 0 unspecified atom stereocenters. The van der Waals surface area contributed by atoms with Gasteiger partial charge in [0.05, 0.1) is 6.07 Å². The maximum Gasteiger partial charge on any atom is 0.294 e. The first-order valence-corrected chi connectivity index (χ1v) is 11.9. The number of phenols is 3. The van der Waals surface area contributed by atoms with Crippen molar-refractivity contribution in [3.63, 3.8) is 0 Å². The van der Waals surface area contributed by atoms with Gasteiger partial charge in [-0.2, -0.15) is 0 Å². The molecule has 0 atom stereocenters. The number of hydrogen-bond donors (Lipinski definition) is 3. The molecular weight excluding hydrogens is 456 g/mol. The van der Waals surface area contributed by atoms with E-state index >= 15 is 0 Å². The maximum absolute atomic E-state index is 12.9. The number of allylic oxidation sites excluding steroid dienone is 6. The molecule has 0 bridgehead atoms. The second-order valence-corrected chi connectivity index (χ2v) is 9.68. The Labute approximate surface area is 211 Å². The molecule has 2 aromatic carbocycles. The van der Waals surface area contributed by atoms with Crippen molar-refractivity contribution in [2.24, 2.45) is 0 Å². The van der Waals surface area contributed by atoms with Crippen LogP contribution < -0.4 is 10.2 Å². The summed E-state index contributed by atoms with van der Waals surface area (Å²) in [6, 6.07) is 5.76. The van der Waals surface area contributed by atoms with Gasteiger partial charge in [0.1, 0.15) is 28.4 Å². The Kier molecular flexibility index (Phi) is 8.30. The molecule has 3 aromatic rings. The van der Waals surface area contributed by atoms with Crippen LogP contribution in [0.25, 0.3) is 11.0 Å². The van der Waals surface area contributed by atoms with Crippen LogP contribution in [-0.4, -0.2) is 15.3 Å². The van der Waals surface area contributed by atoms with Gasteiger partial charge in [-0.05, 0) is 72.9 Å². The van der Waals surface area contributed by atoms with E-state index in [1.165, 1.54) is 6.07 Å².